The van der Waals surface area contributed by atoms with Crippen LogP contribution in [-0.4, -0.2) is 80.4 Å². The predicted molar refractivity (Wildman–Crippen MR) is 156 cm³/mol. The number of carbonyl (C=O) groups is 3. The van der Waals surface area contributed by atoms with Gasteiger partial charge in [-0.3, -0.25) is 15.1 Å². The number of carbonyl (C=O) groups excluding carboxylic acids is 3. The molecule has 11 heteroatoms. The Morgan fingerprint density at radius 1 is 1.18 bits per heavy atom. The van der Waals surface area contributed by atoms with E-state index in [1.165, 1.54) is 0 Å². The van der Waals surface area contributed by atoms with Gasteiger partial charge in [0.15, 0.2) is 0 Å². The Bertz CT molecular complexity index is 1260. The highest BCUT2D eigenvalue weighted by Crippen LogP contribution is 2.52. The lowest BCUT2D eigenvalue weighted by molar-refractivity contribution is 0.112. The molecule has 1 unspecified atom stereocenters. The number of benzene rings is 2. The zero-order valence-corrected chi connectivity index (χ0v) is 23.5. The number of nitrogens with zero attached hydrogens (tertiary/aromatic N) is 3. The quantitative estimate of drug-likeness (QED) is 0.171. The van der Waals surface area contributed by atoms with Crippen LogP contribution < -0.4 is 22.1 Å². The van der Waals surface area contributed by atoms with Crippen molar-refractivity contribution in [2.24, 2.45) is 10.7 Å². The van der Waals surface area contributed by atoms with Crippen molar-refractivity contribution in [3.05, 3.63) is 77.0 Å². The van der Waals surface area contributed by atoms with Crippen molar-refractivity contribution in [3.63, 3.8) is 0 Å². The number of rotatable bonds is 8. The number of alkyl carbamates (subject to hydrolysis) is 1. The summed E-state index contributed by atoms with van der Waals surface area (Å²) in [5, 5.41) is 6.00. The second-order valence-electron chi connectivity index (χ2n) is 9.89. The molecular formula is C29H39N7O4. The summed E-state index contributed by atoms with van der Waals surface area (Å²) in [6.07, 6.45) is 1.71. The molecule has 1 aliphatic heterocycles. The van der Waals surface area contributed by atoms with Crippen LogP contribution in [0.25, 0.3) is 0 Å². The molecule has 0 saturated heterocycles. The number of urea groups is 1. The normalized spacial score (nSPS) is 16.2. The molecular weight excluding hydrogens is 510 g/mol. The van der Waals surface area contributed by atoms with Crippen molar-refractivity contribution in [2.75, 3.05) is 46.6 Å². The maximum atomic E-state index is 13.4. The van der Waals surface area contributed by atoms with Crippen LogP contribution in [0.2, 0.25) is 0 Å². The molecule has 2 aromatic carbocycles. The third-order valence-electron chi connectivity index (χ3n) is 6.72. The average molecular weight is 550 g/mol. The van der Waals surface area contributed by atoms with Gasteiger partial charge in [-0.1, -0.05) is 42.5 Å². The molecule has 6 N–H and O–H groups in total. The molecule has 1 saturated carbocycles. The third-order valence-corrected chi connectivity index (χ3v) is 6.72. The largest absolute Gasteiger partial charge is 0.450 e. The first-order valence-electron chi connectivity index (χ1n) is 13.1. The van der Waals surface area contributed by atoms with E-state index in [0.717, 1.165) is 24.7 Å². The lowest BCUT2D eigenvalue weighted by Crippen LogP contribution is -2.49. The van der Waals surface area contributed by atoms with Crippen LogP contribution >= 0.6 is 0 Å². The van der Waals surface area contributed by atoms with Gasteiger partial charge in [-0.25, -0.2) is 9.59 Å². The molecule has 1 heterocycles. The summed E-state index contributed by atoms with van der Waals surface area (Å²) in [5.41, 5.74) is 14.5. The second kappa shape index (κ2) is 13.6. The summed E-state index contributed by atoms with van der Waals surface area (Å²) < 4.78 is 5.06. The average Bonchev–Trinajstić information content (AvgIpc) is 3.67. The second-order valence-corrected chi connectivity index (χ2v) is 9.89. The Kier molecular flexibility index (Phi) is 10.3. The van der Waals surface area contributed by atoms with E-state index in [2.05, 4.69) is 15.6 Å². The minimum atomic E-state index is -0.582. The minimum Gasteiger partial charge on any atom is -0.450 e. The van der Waals surface area contributed by atoms with Gasteiger partial charge in [0.05, 0.1) is 30.4 Å². The van der Waals surface area contributed by atoms with Gasteiger partial charge in [-0.05, 0) is 51.6 Å². The summed E-state index contributed by atoms with van der Waals surface area (Å²) in [6.45, 7) is 2.93. The lowest BCUT2D eigenvalue weighted by atomic mass is 10.1. The van der Waals surface area contributed by atoms with Crippen molar-refractivity contribution >= 4 is 29.9 Å². The fraction of sp³-hybridized carbons (Fsp3) is 0.379. The molecule has 214 valence electrons. The number of hydrogen-bond acceptors (Lipinski definition) is 7. The number of aldehydes is 1. The van der Waals surface area contributed by atoms with Crippen molar-refractivity contribution in [1.82, 2.24) is 20.4 Å². The molecule has 4 rings (SSSR count). The molecule has 0 aromatic heterocycles. The number of likely N-dealkylation sites (N-methyl/N-ethyl adjacent to an activating group) is 1. The summed E-state index contributed by atoms with van der Waals surface area (Å²) in [6, 6.07) is 16.3. The number of nitrogen functional groups attached to an aromatic ring is 1. The molecule has 1 spiro atoms. The predicted octanol–water partition coefficient (Wildman–Crippen LogP) is 2.92. The standard InChI is InChI=1S/C22H32N6O3.C7H7NO/c1-5-31-21(30)26-18-16(19(23)24-2)13-28(22(18)11-12-22)20(29)25-17(14-27(3)4)15-9-7-6-8-10-15;8-7-3-1-2-6(4-7)5-9/h6-10,17H,5,11-14H2,1-4H3,(H2,23,24)(H,25,29)(H,26,30);1-5H,8H2. The minimum absolute atomic E-state index is 0.179. The monoisotopic (exact) mass is 549 g/mol. The highest BCUT2D eigenvalue weighted by Gasteiger charge is 2.59. The molecule has 1 atom stereocenters. The van der Waals surface area contributed by atoms with Crippen LogP contribution in [-0.2, 0) is 4.74 Å². The maximum absolute atomic E-state index is 13.4. The molecule has 0 radical (unpaired) electrons. The van der Waals surface area contributed by atoms with Crippen molar-refractivity contribution in [2.45, 2.75) is 31.3 Å². The van der Waals surface area contributed by atoms with E-state index in [1.54, 1.807) is 43.1 Å². The van der Waals surface area contributed by atoms with Gasteiger partial charge in [0.1, 0.15) is 12.1 Å². The van der Waals surface area contributed by atoms with Gasteiger partial charge in [0, 0.05) is 30.4 Å². The third kappa shape index (κ3) is 7.38. The summed E-state index contributed by atoms with van der Waals surface area (Å²) in [7, 11) is 5.54. The molecule has 2 aromatic rings. The Morgan fingerprint density at radius 2 is 1.88 bits per heavy atom. The van der Waals surface area contributed by atoms with Crippen LogP contribution in [0.5, 0.6) is 0 Å². The number of anilines is 1. The Hall–Kier alpha value is -4.38. The van der Waals surface area contributed by atoms with Crippen molar-refractivity contribution in [3.8, 4) is 0 Å². The zero-order chi connectivity index (χ0) is 29.3. The number of aliphatic imine (C=N–C) groups is 1. The van der Waals surface area contributed by atoms with E-state index in [4.69, 9.17) is 16.2 Å². The summed E-state index contributed by atoms with van der Waals surface area (Å²) >= 11 is 0. The van der Waals surface area contributed by atoms with E-state index >= 15 is 0 Å². The number of amides is 3. The van der Waals surface area contributed by atoms with Crippen molar-refractivity contribution < 1.29 is 19.1 Å². The van der Waals surface area contributed by atoms with Crippen LogP contribution in [0.1, 0.15) is 41.7 Å². The first-order chi connectivity index (χ1) is 19.1. The molecule has 3 amide bonds. The van der Waals surface area contributed by atoms with Gasteiger partial charge in [-0.15, -0.1) is 0 Å². The highest BCUT2D eigenvalue weighted by atomic mass is 16.5. The first-order valence-corrected chi connectivity index (χ1v) is 13.1. The van der Waals surface area contributed by atoms with Gasteiger partial charge in [-0.2, -0.15) is 0 Å². The maximum Gasteiger partial charge on any atom is 0.411 e. The van der Waals surface area contributed by atoms with E-state index in [-0.39, 0.29) is 25.2 Å². The molecule has 1 fully saturated rings. The van der Waals surface area contributed by atoms with Crippen molar-refractivity contribution in [1.29, 1.82) is 0 Å². The highest BCUT2D eigenvalue weighted by molar-refractivity contribution is 6.01. The van der Waals surface area contributed by atoms with Gasteiger partial charge < -0.3 is 31.3 Å². The Labute approximate surface area is 235 Å². The van der Waals surface area contributed by atoms with Gasteiger partial charge in [0.25, 0.3) is 0 Å². The SMILES string of the molecule is CCOC(=O)NC1=C(C(N)=NC)CN(C(=O)NC(CN(C)C)c2ccccc2)C12CC2.Nc1cccc(C=O)c1. The van der Waals surface area contributed by atoms with Crippen LogP contribution in [0.3, 0.4) is 0 Å². The summed E-state index contributed by atoms with van der Waals surface area (Å²) in [4.78, 5) is 43.6. The van der Waals surface area contributed by atoms with Gasteiger partial charge in [0.2, 0.25) is 0 Å². The first kappa shape index (κ1) is 30.2. The fourth-order valence-corrected chi connectivity index (χ4v) is 4.66. The molecule has 11 nitrogen and oxygen atoms in total. The van der Waals surface area contributed by atoms with E-state index in [9.17, 15) is 14.4 Å². The van der Waals surface area contributed by atoms with Crippen LogP contribution in [0.4, 0.5) is 15.3 Å². The van der Waals surface area contributed by atoms with Gasteiger partial charge >= 0.3 is 12.1 Å². The van der Waals surface area contributed by atoms with E-state index in [1.807, 2.05) is 49.3 Å². The number of hydrogen-bond donors (Lipinski definition) is 4. The molecule has 0 bridgehead atoms. The summed E-state index contributed by atoms with van der Waals surface area (Å²) in [5.74, 6) is 0.307. The number of nitrogens with two attached hydrogens (primary N) is 2. The molecule has 1 aliphatic carbocycles. The topological polar surface area (TPSA) is 155 Å². The zero-order valence-electron chi connectivity index (χ0n) is 23.5. The van der Waals surface area contributed by atoms with E-state index < -0.39 is 11.6 Å². The van der Waals surface area contributed by atoms with Crippen LogP contribution in [0.15, 0.2) is 70.9 Å². The van der Waals surface area contributed by atoms with Crippen LogP contribution in [0, 0.1) is 0 Å². The Balaban J connectivity index is 0.000000415. The smallest absolute Gasteiger partial charge is 0.411 e. The lowest BCUT2D eigenvalue weighted by Gasteiger charge is -2.30. The molecule has 40 heavy (non-hydrogen) atoms. The number of nitrogens with one attached hydrogen (secondary N) is 2. The Morgan fingerprint density at radius 3 is 2.40 bits per heavy atom. The van der Waals surface area contributed by atoms with E-state index in [0.29, 0.717) is 34.9 Å². The fourth-order valence-electron chi connectivity index (χ4n) is 4.66. The molecule has 2 aliphatic rings. The number of ether oxygens (including phenoxy) is 1. The number of amidine groups is 1.